The van der Waals surface area contributed by atoms with Crippen LogP contribution in [0.4, 0.5) is 0 Å². The van der Waals surface area contributed by atoms with E-state index in [0.29, 0.717) is 6.54 Å². The average molecular weight is 172 g/mol. The zero-order valence-electron chi connectivity index (χ0n) is 6.59. The summed E-state index contributed by atoms with van der Waals surface area (Å²) in [7, 11) is 0. The van der Waals surface area contributed by atoms with E-state index in [1.54, 1.807) is 0 Å². The van der Waals surface area contributed by atoms with E-state index in [-0.39, 0.29) is 5.91 Å². The fourth-order valence-corrected chi connectivity index (χ4v) is 1.59. The molecule has 1 rings (SSSR count). The molecule has 3 nitrogen and oxygen atoms in total. The van der Waals surface area contributed by atoms with Crippen LogP contribution in [-0.2, 0) is 4.79 Å². The molecule has 0 aromatic rings. The van der Waals surface area contributed by atoms with Gasteiger partial charge in [0.1, 0.15) is 12.4 Å². The Morgan fingerprint density at radius 3 is 3.09 bits per heavy atom. The summed E-state index contributed by atoms with van der Waals surface area (Å²) in [5, 5.41) is 2.70. The van der Waals surface area contributed by atoms with E-state index >= 15 is 0 Å². The second-order valence-corrected chi connectivity index (χ2v) is 3.47. The minimum Gasteiger partial charge on any atom is -0.312 e. The molecule has 1 aliphatic heterocycles. The first-order chi connectivity index (χ1) is 5.33. The molecule has 0 atom stereocenters. The highest BCUT2D eigenvalue weighted by Crippen LogP contribution is 2.03. The predicted molar refractivity (Wildman–Crippen MR) is 48.1 cm³/mol. The molecule has 0 fully saturated rings. The molecular weight excluding hydrogens is 160 g/mol. The Bertz CT molecular complexity index is 179. The highest BCUT2D eigenvalue weighted by Gasteiger charge is 2.11. The summed E-state index contributed by atoms with van der Waals surface area (Å²) in [5.41, 5.74) is 0. The molecule has 62 valence electrons. The lowest BCUT2D eigenvalue weighted by molar-refractivity contribution is -0.117. The monoisotopic (exact) mass is 172 g/mol. The van der Waals surface area contributed by atoms with Crippen LogP contribution >= 0.6 is 11.8 Å². The minimum absolute atomic E-state index is 0.0251. The standard InChI is InChI=1S/C7H12N2OS/c1-2-3-11-5-6-8-4-7(10)9-6/h2-5H2,1H3,(H,8,9,10). The molecule has 1 N–H and O–H groups in total. The molecule has 0 spiro atoms. The molecule has 1 heterocycles. The van der Waals surface area contributed by atoms with Gasteiger partial charge in [0.15, 0.2) is 0 Å². The molecule has 0 bridgehead atoms. The first-order valence-electron chi connectivity index (χ1n) is 3.74. The number of nitrogens with zero attached hydrogens (tertiary/aromatic N) is 1. The topological polar surface area (TPSA) is 41.5 Å². The Hall–Kier alpha value is -0.510. The van der Waals surface area contributed by atoms with E-state index in [2.05, 4.69) is 17.2 Å². The number of hydrogen-bond acceptors (Lipinski definition) is 3. The van der Waals surface area contributed by atoms with Gasteiger partial charge in [0.05, 0.1) is 5.75 Å². The largest absolute Gasteiger partial charge is 0.312 e. The molecule has 0 radical (unpaired) electrons. The zero-order chi connectivity index (χ0) is 8.10. The average Bonchev–Trinajstić information content (AvgIpc) is 2.37. The number of rotatable bonds is 4. The van der Waals surface area contributed by atoms with Gasteiger partial charge in [0.25, 0.3) is 0 Å². The molecule has 0 saturated carbocycles. The first-order valence-corrected chi connectivity index (χ1v) is 4.89. The van der Waals surface area contributed by atoms with Gasteiger partial charge >= 0.3 is 0 Å². The molecule has 0 unspecified atom stereocenters. The highest BCUT2D eigenvalue weighted by atomic mass is 32.2. The summed E-state index contributed by atoms with van der Waals surface area (Å²) < 4.78 is 0. The van der Waals surface area contributed by atoms with Crippen LogP contribution in [0.3, 0.4) is 0 Å². The summed E-state index contributed by atoms with van der Waals surface area (Å²) in [6.45, 7) is 2.46. The summed E-state index contributed by atoms with van der Waals surface area (Å²) in [5.74, 6) is 2.85. The second kappa shape index (κ2) is 4.38. The maximum absolute atomic E-state index is 10.7. The van der Waals surface area contributed by atoms with Crippen LogP contribution in [0.1, 0.15) is 13.3 Å². The molecule has 4 heteroatoms. The van der Waals surface area contributed by atoms with Gasteiger partial charge in [0, 0.05) is 0 Å². The smallest absolute Gasteiger partial charge is 0.247 e. The van der Waals surface area contributed by atoms with Gasteiger partial charge in [-0.15, -0.1) is 0 Å². The van der Waals surface area contributed by atoms with E-state index in [0.717, 1.165) is 17.3 Å². The van der Waals surface area contributed by atoms with Gasteiger partial charge in [-0.1, -0.05) is 6.92 Å². The second-order valence-electron chi connectivity index (χ2n) is 2.36. The summed E-state index contributed by atoms with van der Waals surface area (Å²) >= 11 is 1.81. The number of thioether (sulfide) groups is 1. The molecule has 0 aromatic heterocycles. The van der Waals surface area contributed by atoms with E-state index in [1.807, 2.05) is 11.8 Å². The van der Waals surface area contributed by atoms with Crippen LogP contribution in [0.25, 0.3) is 0 Å². The number of amides is 1. The van der Waals surface area contributed by atoms with Gasteiger partial charge in [-0.25, -0.2) is 0 Å². The normalized spacial score (nSPS) is 16.5. The lowest BCUT2D eigenvalue weighted by Crippen LogP contribution is -2.26. The van der Waals surface area contributed by atoms with Crippen LogP contribution in [-0.4, -0.2) is 29.8 Å². The Labute approximate surface area is 70.7 Å². The molecule has 1 amide bonds. The molecular formula is C7H12N2OS. The third kappa shape index (κ3) is 2.93. The number of hydrogen-bond donors (Lipinski definition) is 1. The number of nitrogens with one attached hydrogen (secondary N) is 1. The summed E-state index contributed by atoms with van der Waals surface area (Å²) in [6, 6.07) is 0. The van der Waals surface area contributed by atoms with Crippen molar-refractivity contribution in [1.82, 2.24) is 5.32 Å². The van der Waals surface area contributed by atoms with Crippen molar-refractivity contribution < 1.29 is 4.79 Å². The van der Waals surface area contributed by atoms with E-state index in [4.69, 9.17) is 0 Å². The molecule has 0 aliphatic carbocycles. The van der Waals surface area contributed by atoms with Gasteiger partial charge in [-0.05, 0) is 12.2 Å². The zero-order valence-corrected chi connectivity index (χ0v) is 7.41. The number of carbonyl (C=O) groups is 1. The third-order valence-corrected chi connectivity index (χ3v) is 2.46. The molecule has 0 saturated heterocycles. The van der Waals surface area contributed by atoms with Gasteiger partial charge in [-0.3, -0.25) is 9.79 Å². The number of aliphatic imine (C=N–C) groups is 1. The number of carbonyl (C=O) groups excluding carboxylic acids is 1. The number of amidine groups is 1. The van der Waals surface area contributed by atoms with Crippen LogP contribution in [0.15, 0.2) is 4.99 Å². The minimum atomic E-state index is 0.0251. The Balaban J connectivity index is 2.13. The lowest BCUT2D eigenvalue weighted by Gasteiger charge is -1.98. The maximum atomic E-state index is 10.7. The first kappa shape index (κ1) is 8.59. The Morgan fingerprint density at radius 1 is 1.73 bits per heavy atom. The maximum Gasteiger partial charge on any atom is 0.247 e. The van der Waals surface area contributed by atoms with E-state index in [9.17, 15) is 4.79 Å². The fraction of sp³-hybridized carbons (Fsp3) is 0.714. The van der Waals surface area contributed by atoms with Crippen LogP contribution in [0.5, 0.6) is 0 Å². The van der Waals surface area contributed by atoms with Crippen molar-refractivity contribution in [2.45, 2.75) is 13.3 Å². The van der Waals surface area contributed by atoms with Gasteiger partial charge in [0.2, 0.25) is 5.91 Å². The van der Waals surface area contributed by atoms with Crippen molar-refractivity contribution in [2.24, 2.45) is 4.99 Å². The van der Waals surface area contributed by atoms with Crippen molar-refractivity contribution in [3.05, 3.63) is 0 Å². The predicted octanol–water partition coefficient (Wildman–Crippen LogP) is 0.658. The van der Waals surface area contributed by atoms with Crippen molar-refractivity contribution in [3.8, 4) is 0 Å². The van der Waals surface area contributed by atoms with Crippen LogP contribution in [0.2, 0.25) is 0 Å². The Kier molecular flexibility index (Phi) is 3.42. The molecule has 1 aliphatic rings. The van der Waals surface area contributed by atoms with Crippen molar-refractivity contribution in [3.63, 3.8) is 0 Å². The van der Waals surface area contributed by atoms with E-state index < -0.39 is 0 Å². The molecule has 0 aromatic carbocycles. The van der Waals surface area contributed by atoms with Crippen LogP contribution < -0.4 is 5.32 Å². The SMILES string of the molecule is CCCSCC1=NCC(=O)N1. The lowest BCUT2D eigenvalue weighted by atomic mass is 10.6. The van der Waals surface area contributed by atoms with Gasteiger partial charge < -0.3 is 5.32 Å². The van der Waals surface area contributed by atoms with E-state index in [1.165, 1.54) is 6.42 Å². The quantitative estimate of drug-likeness (QED) is 0.633. The highest BCUT2D eigenvalue weighted by molar-refractivity contribution is 7.99. The summed E-state index contributed by atoms with van der Waals surface area (Å²) in [4.78, 5) is 14.7. The van der Waals surface area contributed by atoms with Crippen molar-refractivity contribution >= 4 is 23.5 Å². The molecule has 11 heavy (non-hydrogen) atoms. The third-order valence-electron chi connectivity index (χ3n) is 1.28. The van der Waals surface area contributed by atoms with Crippen LogP contribution in [0, 0.1) is 0 Å². The summed E-state index contributed by atoms with van der Waals surface area (Å²) in [6.07, 6.45) is 1.17. The van der Waals surface area contributed by atoms with Crippen molar-refractivity contribution in [2.75, 3.05) is 18.1 Å². The fourth-order valence-electron chi connectivity index (χ4n) is 0.802. The van der Waals surface area contributed by atoms with Crippen molar-refractivity contribution in [1.29, 1.82) is 0 Å². The Morgan fingerprint density at radius 2 is 2.55 bits per heavy atom. The van der Waals surface area contributed by atoms with Gasteiger partial charge in [-0.2, -0.15) is 11.8 Å².